The number of benzene rings is 2. The Morgan fingerprint density at radius 2 is 1.71 bits per heavy atom. The summed E-state index contributed by atoms with van der Waals surface area (Å²) in [6.45, 7) is 0.521. The fourth-order valence-electron chi connectivity index (χ4n) is 1.93. The second kappa shape index (κ2) is 8.49. The number of aliphatic hydroxyl groups excluding tert-OH is 1. The highest BCUT2D eigenvalue weighted by molar-refractivity contribution is 7.99. The fraction of sp³-hybridized carbons (Fsp3) is 0.235. The van der Waals surface area contributed by atoms with E-state index in [1.807, 2.05) is 42.5 Å². The van der Waals surface area contributed by atoms with Gasteiger partial charge >= 0.3 is 0 Å². The normalized spacial score (nSPS) is 10.3. The van der Waals surface area contributed by atoms with Gasteiger partial charge in [-0.1, -0.05) is 54.6 Å². The van der Waals surface area contributed by atoms with E-state index in [-0.39, 0.29) is 12.5 Å². The van der Waals surface area contributed by atoms with Gasteiger partial charge in [-0.15, -0.1) is 11.8 Å². The number of carbonyl (C=O) groups is 1. The van der Waals surface area contributed by atoms with E-state index in [1.165, 1.54) is 5.56 Å². The first-order chi connectivity index (χ1) is 10.3. The van der Waals surface area contributed by atoms with Crippen molar-refractivity contribution in [1.29, 1.82) is 0 Å². The van der Waals surface area contributed by atoms with Crippen LogP contribution in [0.1, 0.15) is 16.7 Å². The summed E-state index contributed by atoms with van der Waals surface area (Å²) in [5.74, 6) is 1.33. The minimum Gasteiger partial charge on any atom is -0.392 e. The standard InChI is InChI=1S/C17H19NO2S/c19-11-16-8-4-7-15(9-16)10-18-17(20)13-21-12-14-5-2-1-3-6-14/h1-9,19H,10-13H2,(H,18,20). The van der Waals surface area contributed by atoms with Crippen LogP contribution in [0.5, 0.6) is 0 Å². The Balaban J connectivity index is 1.70. The van der Waals surface area contributed by atoms with Crippen molar-refractivity contribution in [2.75, 3.05) is 5.75 Å². The van der Waals surface area contributed by atoms with Crippen molar-refractivity contribution in [2.24, 2.45) is 0 Å². The molecule has 0 fully saturated rings. The Morgan fingerprint density at radius 1 is 1.00 bits per heavy atom. The molecule has 0 aliphatic heterocycles. The largest absolute Gasteiger partial charge is 0.392 e. The van der Waals surface area contributed by atoms with Crippen molar-refractivity contribution in [3.05, 3.63) is 71.3 Å². The third kappa shape index (κ3) is 5.61. The summed E-state index contributed by atoms with van der Waals surface area (Å²) in [6.07, 6.45) is 0. The number of thioether (sulfide) groups is 1. The van der Waals surface area contributed by atoms with Crippen molar-refractivity contribution < 1.29 is 9.90 Å². The number of rotatable bonds is 7. The zero-order valence-corrected chi connectivity index (χ0v) is 12.6. The Bertz CT molecular complexity index is 572. The number of amides is 1. The van der Waals surface area contributed by atoms with Gasteiger partial charge in [-0.2, -0.15) is 0 Å². The third-order valence-electron chi connectivity index (χ3n) is 3.01. The van der Waals surface area contributed by atoms with Crippen LogP contribution in [0.25, 0.3) is 0 Å². The molecule has 21 heavy (non-hydrogen) atoms. The van der Waals surface area contributed by atoms with Gasteiger partial charge in [-0.3, -0.25) is 4.79 Å². The van der Waals surface area contributed by atoms with E-state index in [9.17, 15) is 4.79 Å². The second-order valence-corrected chi connectivity index (χ2v) is 5.72. The molecule has 0 spiro atoms. The highest BCUT2D eigenvalue weighted by Crippen LogP contribution is 2.11. The summed E-state index contributed by atoms with van der Waals surface area (Å²) >= 11 is 1.61. The maximum atomic E-state index is 11.8. The summed E-state index contributed by atoms with van der Waals surface area (Å²) in [4.78, 5) is 11.8. The lowest BCUT2D eigenvalue weighted by Crippen LogP contribution is -2.24. The molecule has 2 N–H and O–H groups in total. The first-order valence-corrected chi connectivity index (χ1v) is 8.00. The maximum absolute atomic E-state index is 11.8. The highest BCUT2D eigenvalue weighted by atomic mass is 32.2. The first kappa shape index (κ1) is 15.6. The van der Waals surface area contributed by atoms with Gasteiger partial charge in [-0.05, 0) is 16.7 Å². The number of nitrogens with one attached hydrogen (secondary N) is 1. The average Bonchev–Trinajstić information content (AvgIpc) is 2.54. The van der Waals surface area contributed by atoms with Crippen LogP contribution in [0.2, 0.25) is 0 Å². The molecule has 2 aromatic rings. The molecular formula is C17H19NO2S. The summed E-state index contributed by atoms with van der Waals surface area (Å²) in [5.41, 5.74) is 3.09. The van der Waals surface area contributed by atoms with Crippen LogP contribution >= 0.6 is 11.8 Å². The lowest BCUT2D eigenvalue weighted by molar-refractivity contribution is -0.118. The van der Waals surface area contributed by atoms with Gasteiger partial charge in [0, 0.05) is 12.3 Å². The van der Waals surface area contributed by atoms with Gasteiger partial charge in [0.25, 0.3) is 0 Å². The van der Waals surface area contributed by atoms with E-state index in [0.717, 1.165) is 16.9 Å². The van der Waals surface area contributed by atoms with E-state index < -0.39 is 0 Å². The SMILES string of the molecule is O=C(CSCc1ccccc1)NCc1cccc(CO)c1. The molecule has 110 valence electrons. The van der Waals surface area contributed by atoms with Gasteiger partial charge in [0.15, 0.2) is 0 Å². The summed E-state index contributed by atoms with van der Waals surface area (Å²) < 4.78 is 0. The Hall–Kier alpha value is -1.78. The second-order valence-electron chi connectivity index (χ2n) is 4.73. The number of hydrogen-bond donors (Lipinski definition) is 2. The van der Waals surface area contributed by atoms with Crippen LogP contribution in [0.15, 0.2) is 54.6 Å². The van der Waals surface area contributed by atoms with Gasteiger partial charge in [0.05, 0.1) is 12.4 Å². The van der Waals surface area contributed by atoms with Gasteiger partial charge in [0.1, 0.15) is 0 Å². The monoisotopic (exact) mass is 301 g/mol. The lowest BCUT2D eigenvalue weighted by Gasteiger charge is -2.06. The maximum Gasteiger partial charge on any atom is 0.230 e. The molecular weight excluding hydrogens is 282 g/mol. The lowest BCUT2D eigenvalue weighted by atomic mass is 10.1. The molecule has 2 rings (SSSR count). The number of hydrogen-bond acceptors (Lipinski definition) is 3. The van der Waals surface area contributed by atoms with Crippen LogP contribution in [0, 0.1) is 0 Å². The fourth-order valence-corrected chi connectivity index (χ4v) is 2.74. The summed E-state index contributed by atoms with van der Waals surface area (Å²) in [6, 6.07) is 17.7. The molecule has 0 aromatic heterocycles. The predicted octanol–water partition coefficient (Wildman–Crippen LogP) is 2.73. The number of carbonyl (C=O) groups excluding carboxylic acids is 1. The molecule has 0 bridgehead atoms. The van der Waals surface area contributed by atoms with E-state index in [2.05, 4.69) is 17.4 Å². The average molecular weight is 301 g/mol. The van der Waals surface area contributed by atoms with Crippen molar-refractivity contribution >= 4 is 17.7 Å². The summed E-state index contributed by atoms with van der Waals surface area (Å²) in [5, 5.41) is 12.0. The molecule has 0 aliphatic rings. The Kier molecular flexibility index (Phi) is 6.31. The quantitative estimate of drug-likeness (QED) is 0.827. The molecule has 1 amide bonds. The van der Waals surface area contributed by atoms with Gasteiger partial charge in [-0.25, -0.2) is 0 Å². The molecule has 2 aromatic carbocycles. The third-order valence-corrected chi connectivity index (χ3v) is 4.01. The topological polar surface area (TPSA) is 49.3 Å². The van der Waals surface area contributed by atoms with Crippen molar-refractivity contribution in [3.63, 3.8) is 0 Å². The van der Waals surface area contributed by atoms with Gasteiger partial charge < -0.3 is 10.4 Å². The number of aliphatic hydroxyl groups is 1. The molecule has 0 radical (unpaired) electrons. The Labute approximate surface area is 129 Å². The van der Waals surface area contributed by atoms with E-state index in [0.29, 0.717) is 12.3 Å². The molecule has 0 saturated heterocycles. The van der Waals surface area contributed by atoms with Crippen LogP contribution in [-0.2, 0) is 23.7 Å². The molecule has 3 nitrogen and oxygen atoms in total. The Morgan fingerprint density at radius 3 is 2.48 bits per heavy atom. The molecule has 0 saturated carbocycles. The zero-order valence-electron chi connectivity index (χ0n) is 11.8. The van der Waals surface area contributed by atoms with Crippen molar-refractivity contribution in [3.8, 4) is 0 Å². The smallest absolute Gasteiger partial charge is 0.230 e. The van der Waals surface area contributed by atoms with Crippen molar-refractivity contribution in [2.45, 2.75) is 18.9 Å². The van der Waals surface area contributed by atoms with Crippen LogP contribution < -0.4 is 5.32 Å². The van der Waals surface area contributed by atoms with E-state index in [4.69, 9.17) is 5.11 Å². The van der Waals surface area contributed by atoms with Crippen molar-refractivity contribution in [1.82, 2.24) is 5.32 Å². The molecule has 0 atom stereocenters. The molecule has 4 heteroatoms. The minimum absolute atomic E-state index is 0.0225. The van der Waals surface area contributed by atoms with E-state index >= 15 is 0 Å². The van der Waals surface area contributed by atoms with E-state index in [1.54, 1.807) is 11.8 Å². The van der Waals surface area contributed by atoms with Crippen LogP contribution in [0.4, 0.5) is 0 Å². The summed E-state index contributed by atoms with van der Waals surface area (Å²) in [7, 11) is 0. The first-order valence-electron chi connectivity index (χ1n) is 6.85. The minimum atomic E-state index is 0.0225. The highest BCUT2D eigenvalue weighted by Gasteiger charge is 2.02. The van der Waals surface area contributed by atoms with Crippen LogP contribution in [0.3, 0.4) is 0 Å². The van der Waals surface area contributed by atoms with Crippen LogP contribution in [-0.4, -0.2) is 16.8 Å². The molecule has 0 unspecified atom stereocenters. The van der Waals surface area contributed by atoms with Gasteiger partial charge in [0.2, 0.25) is 5.91 Å². The molecule has 0 aliphatic carbocycles. The molecule has 0 heterocycles. The predicted molar refractivity (Wildman–Crippen MR) is 86.8 cm³/mol. The zero-order chi connectivity index (χ0) is 14.9.